The molecule has 0 heterocycles. The minimum atomic E-state index is -1.30. The first-order valence-electron chi connectivity index (χ1n) is 6.71. The zero-order valence-electron chi connectivity index (χ0n) is 12.2. The maximum Gasteiger partial charge on any atom is 0.343 e. The summed E-state index contributed by atoms with van der Waals surface area (Å²) in [5.41, 5.74) is -0.267. The fourth-order valence-electron chi connectivity index (χ4n) is 1.82. The number of aromatic carboxylic acids is 1. The number of hydrogen-bond acceptors (Lipinski definition) is 5. The third kappa shape index (κ3) is 5.49. The molecule has 7 heteroatoms. The molecular formula is C14H20N2O5. The van der Waals surface area contributed by atoms with Crippen LogP contribution in [0.3, 0.4) is 0 Å². The first-order valence-corrected chi connectivity index (χ1v) is 6.71. The number of hydrogen-bond donors (Lipinski definition) is 2. The van der Waals surface area contributed by atoms with E-state index in [2.05, 4.69) is 19.2 Å². The van der Waals surface area contributed by atoms with Gasteiger partial charge in [-0.3, -0.25) is 10.1 Å². The second kappa shape index (κ2) is 8.33. The largest absolute Gasteiger partial charge is 0.477 e. The predicted molar refractivity (Wildman–Crippen MR) is 77.4 cm³/mol. The summed E-state index contributed by atoms with van der Waals surface area (Å²) < 4.78 is 5.39. The van der Waals surface area contributed by atoms with Gasteiger partial charge in [-0.1, -0.05) is 26.0 Å². The number of nitro groups is 1. The van der Waals surface area contributed by atoms with Crippen molar-refractivity contribution in [1.29, 1.82) is 0 Å². The Morgan fingerprint density at radius 2 is 2.19 bits per heavy atom. The molecule has 0 saturated heterocycles. The molecule has 0 aliphatic rings. The molecule has 2 N–H and O–H groups in total. The Morgan fingerprint density at radius 1 is 1.48 bits per heavy atom. The smallest absolute Gasteiger partial charge is 0.343 e. The third-order valence-electron chi connectivity index (χ3n) is 2.73. The highest BCUT2D eigenvalue weighted by molar-refractivity contribution is 5.94. The van der Waals surface area contributed by atoms with Crippen LogP contribution in [-0.2, 0) is 11.3 Å². The summed E-state index contributed by atoms with van der Waals surface area (Å²) in [7, 11) is 0. The van der Waals surface area contributed by atoms with Crippen LogP contribution < -0.4 is 5.32 Å². The first-order chi connectivity index (χ1) is 9.93. The Balaban J connectivity index is 2.61. The van der Waals surface area contributed by atoms with Crippen LogP contribution in [0.1, 0.15) is 29.8 Å². The molecule has 116 valence electrons. The number of ether oxygens (including phenoxy) is 1. The number of benzene rings is 1. The van der Waals surface area contributed by atoms with Crippen molar-refractivity contribution in [3.05, 3.63) is 39.4 Å². The molecule has 0 saturated carbocycles. The van der Waals surface area contributed by atoms with Crippen LogP contribution in [0.15, 0.2) is 18.2 Å². The van der Waals surface area contributed by atoms with Crippen LogP contribution in [0.25, 0.3) is 0 Å². The molecule has 0 amide bonds. The molecule has 1 aromatic rings. The van der Waals surface area contributed by atoms with Gasteiger partial charge in [-0.2, -0.15) is 0 Å². The van der Waals surface area contributed by atoms with Crippen LogP contribution >= 0.6 is 0 Å². The van der Waals surface area contributed by atoms with Crippen molar-refractivity contribution in [2.24, 2.45) is 5.92 Å². The van der Waals surface area contributed by atoms with Crippen molar-refractivity contribution in [2.45, 2.75) is 20.4 Å². The topological polar surface area (TPSA) is 102 Å². The summed E-state index contributed by atoms with van der Waals surface area (Å²) in [6.07, 6.45) is 0. The average molecular weight is 296 g/mol. The molecule has 0 radical (unpaired) electrons. The highest BCUT2D eigenvalue weighted by Crippen LogP contribution is 2.22. The maximum atomic E-state index is 11.2. The fourth-order valence-corrected chi connectivity index (χ4v) is 1.82. The van der Waals surface area contributed by atoms with Gasteiger partial charge in [-0.25, -0.2) is 4.79 Å². The quantitative estimate of drug-likeness (QED) is 0.411. The van der Waals surface area contributed by atoms with Crippen molar-refractivity contribution in [2.75, 3.05) is 19.8 Å². The second-order valence-electron chi connectivity index (χ2n) is 5.02. The zero-order valence-corrected chi connectivity index (χ0v) is 12.2. The molecule has 0 spiro atoms. The van der Waals surface area contributed by atoms with Crippen molar-refractivity contribution in [1.82, 2.24) is 5.32 Å². The Bertz CT molecular complexity index is 502. The van der Waals surface area contributed by atoms with Crippen molar-refractivity contribution in [3.8, 4) is 0 Å². The highest BCUT2D eigenvalue weighted by Gasteiger charge is 2.22. The van der Waals surface area contributed by atoms with E-state index in [0.29, 0.717) is 31.2 Å². The molecule has 7 nitrogen and oxygen atoms in total. The van der Waals surface area contributed by atoms with Gasteiger partial charge in [0.2, 0.25) is 0 Å². The van der Waals surface area contributed by atoms with E-state index in [-0.39, 0.29) is 12.1 Å². The highest BCUT2D eigenvalue weighted by atomic mass is 16.6. The van der Waals surface area contributed by atoms with Gasteiger partial charge in [0.05, 0.1) is 11.5 Å². The number of carboxylic acid groups (broad SMARTS) is 1. The van der Waals surface area contributed by atoms with Gasteiger partial charge in [0.25, 0.3) is 5.69 Å². The molecule has 0 bridgehead atoms. The Labute approximate surface area is 123 Å². The lowest BCUT2D eigenvalue weighted by atomic mass is 10.1. The van der Waals surface area contributed by atoms with E-state index in [1.807, 2.05) is 0 Å². The summed E-state index contributed by atoms with van der Waals surface area (Å²) in [5.74, 6) is -0.837. The predicted octanol–water partition coefficient (Wildman–Crippen LogP) is 2.06. The average Bonchev–Trinajstić information content (AvgIpc) is 2.41. The van der Waals surface area contributed by atoms with Crippen LogP contribution in [0.4, 0.5) is 5.69 Å². The van der Waals surface area contributed by atoms with Gasteiger partial charge in [0.1, 0.15) is 5.56 Å². The molecule has 1 rings (SSSR count). The lowest BCUT2D eigenvalue weighted by molar-refractivity contribution is -0.385. The molecule has 21 heavy (non-hydrogen) atoms. The van der Waals surface area contributed by atoms with E-state index in [9.17, 15) is 14.9 Å². The lowest BCUT2D eigenvalue weighted by Gasteiger charge is -2.09. The minimum absolute atomic E-state index is 0.244. The molecule has 1 aromatic carbocycles. The van der Waals surface area contributed by atoms with Crippen LogP contribution in [0.5, 0.6) is 0 Å². The van der Waals surface area contributed by atoms with Gasteiger partial charge in [0.15, 0.2) is 0 Å². The number of nitrogens with zero attached hydrogens (tertiary/aromatic N) is 1. The number of rotatable bonds is 9. The van der Waals surface area contributed by atoms with E-state index in [4.69, 9.17) is 9.84 Å². The van der Waals surface area contributed by atoms with Crippen molar-refractivity contribution >= 4 is 11.7 Å². The molecule has 0 aromatic heterocycles. The Hall–Kier alpha value is -1.99. The Morgan fingerprint density at radius 3 is 2.76 bits per heavy atom. The van der Waals surface area contributed by atoms with Crippen molar-refractivity contribution < 1.29 is 19.6 Å². The van der Waals surface area contributed by atoms with E-state index in [0.717, 1.165) is 0 Å². The SMILES string of the molecule is CC(C)COCCNCc1cccc([N+](=O)[O-])c1C(=O)O. The van der Waals surface area contributed by atoms with Crippen LogP contribution in [0.2, 0.25) is 0 Å². The molecule has 0 aliphatic heterocycles. The summed E-state index contributed by atoms with van der Waals surface area (Å²) in [6.45, 7) is 6.07. The van der Waals surface area contributed by atoms with Gasteiger partial charge >= 0.3 is 5.97 Å². The van der Waals surface area contributed by atoms with Crippen molar-refractivity contribution in [3.63, 3.8) is 0 Å². The summed E-state index contributed by atoms with van der Waals surface area (Å²) >= 11 is 0. The molecule has 0 atom stereocenters. The van der Waals surface area contributed by atoms with E-state index >= 15 is 0 Å². The molecule has 0 aliphatic carbocycles. The standard InChI is InChI=1S/C14H20N2O5/c1-10(2)9-21-7-6-15-8-11-4-3-5-12(16(19)20)13(11)14(17)18/h3-5,10,15H,6-9H2,1-2H3,(H,17,18). The summed E-state index contributed by atoms with van der Waals surface area (Å²) in [6, 6.07) is 4.24. The monoisotopic (exact) mass is 296 g/mol. The van der Waals surface area contributed by atoms with E-state index in [1.54, 1.807) is 6.07 Å². The van der Waals surface area contributed by atoms with Gasteiger partial charge in [-0.15, -0.1) is 0 Å². The molecular weight excluding hydrogens is 276 g/mol. The van der Waals surface area contributed by atoms with E-state index < -0.39 is 16.6 Å². The maximum absolute atomic E-state index is 11.2. The molecule has 0 unspecified atom stereocenters. The van der Waals surface area contributed by atoms with Gasteiger partial charge < -0.3 is 15.2 Å². The summed E-state index contributed by atoms with van der Waals surface area (Å²) in [5, 5.41) is 23.0. The zero-order chi connectivity index (χ0) is 15.8. The minimum Gasteiger partial charge on any atom is -0.477 e. The first kappa shape index (κ1) is 17.1. The van der Waals surface area contributed by atoms with Gasteiger partial charge in [0, 0.05) is 25.8 Å². The number of nitrogens with one attached hydrogen (secondary N) is 1. The van der Waals surface area contributed by atoms with Crippen LogP contribution in [0, 0.1) is 16.0 Å². The Kier molecular flexibility index (Phi) is 6.77. The lowest BCUT2D eigenvalue weighted by Crippen LogP contribution is -2.22. The number of nitro benzene ring substituents is 1. The number of carboxylic acids is 1. The number of carbonyl (C=O) groups is 1. The van der Waals surface area contributed by atoms with Gasteiger partial charge in [-0.05, 0) is 11.5 Å². The third-order valence-corrected chi connectivity index (χ3v) is 2.73. The summed E-state index contributed by atoms with van der Waals surface area (Å²) in [4.78, 5) is 21.4. The normalized spacial score (nSPS) is 10.8. The van der Waals surface area contributed by atoms with E-state index in [1.165, 1.54) is 12.1 Å². The second-order valence-corrected chi connectivity index (χ2v) is 5.02. The molecule has 0 fully saturated rings. The fraction of sp³-hybridized carbons (Fsp3) is 0.500. The van der Waals surface area contributed by atoms with Crippen LogP contribution in [-0.4, -0.2) is 35.8 Å².